The summed E-state index contributed by atoms with van der Waals surface area (Å²) < 4.78 is 0. The topological polar surface area (TPSA) is 80.9 Å². The lowest BCUT2D eigenvalue weighted by atomic mass is 9.43. The van der Waals surface area contributed by atoms with Gasteiger partial charge in [-0.1, -0.05) is 46.3 Å². The van der Waals surface area contributed by atoms with E-state index in [0.29, 0.717) is 29.6 Å². The smallest absolute Gasteiger partial charge is 0.0579 e. The molecule has 4 aliphatic rings. The van der Waals surface area contributed by atoms with Gasteiger partial charge in [0.1, 0.15) is 0 Å². The van der Waals surface area contributed by atoms with E-state index in [-0.39, 0.29) is 53.5 Å². The second kappa shape index (κ2) is 9.22. The van der Waals surface area contributed by atoms with Crippen molar-refractivity contribution in [1.29, 1.82) is 0 Å². The predicted octanol–water partition coefficient (Wildman–Crippen LogP) is 4.79. The molecule has 4 rings (SSSR count). The molecule has 0 spiro atoms. The van der Waals surface area contributed by atoms with Crippen molar-refractivity contribution in [3.8, 4) is 0 Å². The Morgan fingerprint density at radius 3 is 2.24 bits per heavy atom. The summed E-state index contributed by atoms with van der Waals surface area (Å²) in [5, 5.41) is 42.6. The zero-order valence-electron chi connectivity index (χ0n) is 21.9. The van der Waals surface area contributed by atoms with Gasteiger partial charge in [-0.15, -0.1) is 0 Å². The van der Waals surface area contributed by atoms with Crippen LogP contribution in [0.15, 0.2) is 11.6 Å². The lowest BCUT2D eigenvalue weighted by Gasteiger charge is -2.62. The van der Waals surface area contributed by atoms with Gasteiger partial charge < -0.3 is 20.4 Å². The number of aliphatic hydroxyl groups is 4. The number of rotatable bonds is 5. The van der Waals surface area contributed by atoms with Gasteiger partial charge in [-0.05, 0) is 110 Å². The molecule has 1 unspecified atom stereocenters. The molecule has 4 fully saturated rings. The number of fused-ring (bicyclic) bond motifs is 5. The summed E-state index contributed by atoms with van der Waals surface area (Å²) >= 11 is 0. The van der Waals surface area contributed by atoms with Gasteiger partial charge in [-0.3, -0.25) is 0 Å². The van der Waals surface area contributed by atoms with E-state index in [1.165, 1.54) is 12.0 Å². The number of aliphatic hydroxyl groups excluding tert-OH is 4. The normalized spacial score (nSPS) is 50.7. The molecule has 0 aromatic carbocycles. The highest BCUT2D eigenvalue weighted by molar-refractivity contribution is 5.16. The third kappa shape index (κ3) is 4.15. The molecule has 4 aliphatic carbocycles. The summed E-state index contributed by atoms with van der Waals surface area (Å²) in [7, 11) is 0. The van der Waals surface area contributed by atoms with Gasteiger partial charge in [0, 0.05) is 6.61 Å². The molecule has 4 saturated carbocycles. The van der Waals surface area contributed by atoms with Gasteiger partial charge >= 0.3 is 0 Å². The molecule has 0 aliphatic heterocycles. The SMILES string of the molecule is C/C(=C\[C@@H](C)[C@H]1C[C@@H](O)[C@H]2[C@@H]3C[C@H](O)C4C[C@@H](O)CC[C@]4(C)[C@H]3CC[C@@]21C)[C@H](C)[C@@H](C)CO. The predicted molar refractivity (Wildman–Crippen MR) is 132 cm³/mol. The summed E-state index contributed by atoms with van der Waals surface area (Å²) in [6, 6.07) is 0. The maximum atomic E-state index is 11.5. The summed E-state index contributed by atoms with van der Waals surface area (Å²) in [4.78, 5) is 0. The largest absolute Gasteiger partial charge is 0.396 e. The molecule has 0 bridgehead atoms. The average Bonchev–Trinajstić information content (AvgIpc) is 3.04. The first-order valence-electron chi connectivity index (χ1n) is 13.8. The lowest BCUT2D eigenvalue weighted by Crippen LogP contribution is -2.59. The molecule has 13 atom stereocenters. The molecule has 0 aromatic rings. The Morgan fingerprint density at radius 1 is 0.909 bits per heavy atom. The standard InChI is InChI=1S/C29H50O4/c1-16(19(4)18(3)15-30)11-17(2)23-14-26(33)27-21-13-25(32)24-12-20(31)7-9-28(24,5)22(21)8-10-29(23,27)6/h11,17-27,30-33H,7-10,12-15H2,1-6H3/b16-11+/t17-,18+,19+,20+,21-,22+,23-,24?,25+,26-,27-,28-,29-/m1/s1. The second-order valence-corrected chi connectivity index (χ2v) is 13.3. The van der Waals surface area contributed by atoms with E-state index in [4.69, 9.17) is 0 Å². The maximum Gasteiger partial charge on any atom is 0.0579 e. The molecule has 0 radical (unpaired) electrons. The van der Waals surface area contributed by atoms with Crippen LogP contribution in [0.4, 0.5) is 0 Å². The van der Waals surface area contributed by atoms with E-state index < -0.39 is 0 Å². The van der Waals surface area contributed by atoms with Crippen molar-refractivity contribution in [1.82, 2.24) is 0 Å². The highest BCUT2D eigenvalue weighted by Gasteiger charge is 2.64. The fraction of sp³-hybridized carbons (Fsp3) is 0.931. The Balaban J connectivity index is 1.58. The fourth-order valence-electron chi connectivity index (χ4n) is 9.50. The molecule has 4 nitrogen and oxygen atoms in total. The van der Waals surface area contributed by atoms with Gasteiger partial charge in [0.25, 0.3) is 0 Å². The van der Waals surface area contributed by atoms with Gasteiger partial charge in [0.2, 0.25) is 0 Å². The van der Waals surface area contributed by atoms with Crippen molar-refractivity contribution in [2.24, 2.45) is 58.2 Å². The van der Waals surface area contributed by atoms with Gasteiger partial charge in [-0.2, -0.15) is 0 Å². The van der Waals surface area contributed by atoms with Crippen LogP contribution in [0, 0.1) is 58.2 Å². The van der Waals surface area contributed by atoms with Crippen molar-refractivity contribution in [2.45, 2.75) is 105 Å². The van der Waals surface area contributed by atoms with Crippen LogP contribution in [-0.4, -0.2) is 45.3 Å². The summed E-state index contributed by atoms with van der Waals surface area (Å²) in [5.74, 6) is 2.82. The highest BCUT2D eigenvalue weighted by atomic mass is 16.3. The van der Waals surface area contributed by atoms with E-state index in [1.807, 2.05) is 0 Å². The average molecular weight is 463 g/mol. The molecule has 0 heterocycles. The van der Waals surface area contributed by atoms with Gasteiger partial charge in [0.15, 0.2) is 0 Å². The van der Waals surface area contributed by atoms with Crippen LogP contribution >= 0.6 is 0 Å². The summed E-state index contributed by atoms with van der Waals surface area (Å²) in [5.41, 5.74) is 1.53. The summed E-state index contributed by atoms with van der Waals surface area (Å²) in [6.07, 6.45) is 8.07. The molecule has 4 heteroatoms. The minimum absolute atomic E-state index is 0.0820. The molecular formula is C29H50O4. The fourth-order valence-corrected chi connectivity index (χ4v) is 9.50. The Morgan fingerprint density at radius 2 is 1.58 bits per heavy atom. The second-order valence-electron chi connectivity index (χ2n) is 13.3. The third-order valence-electron chi connectivity index (χ3n) is 11.7. The quantitative estimate of drug-likeness (QED) is 0.443. The molecule has 33 heavy (non-hydrogen) atoms. The molecule has 0 amide bonds. The van der Waals surface area contributed by atoms with E-state index in [2.05, 4.69) is 47.6 Å². The molecule has 0 saturated heterocycles. The minimum Gasteiger partial charge on any atom is -0.396 e. The number of hydrogen-bond donors (Lipinski definition) is 4. The molecule has 0 aromatic heterocycles. The zero-order valence-corrected chi connectivity index (χ0v) is 21.9. The Hall–Kier alpha value is -0.420. The van der Waals surface area contributed by atoms with Crippen LogP contribution in [0.5, 0.6) is 0 Å². The van der Waals surface area contributed by atoms with Crippen molar-refractivity contribution in [3.05, 3.63) is 11.6 Å². The van der Waals surface area contributed by atoms with Crippen LogP contribution in [0.2, 0.25) is 0 Å². The van der Waals surface area contributed by atoms with E-state index in [1.54, 1.807) is 0 Å². The first-order chi connectivity index (χ1) is 15.4. The van der Waals surface area contributed by atoms with E-state index >= 15 is 0 Å². The minimum atomic E-state index is -0.361. The van der Waals surface area contributed by atoms with Crippen molar-refractivity contribution in [2.75, 3.05) is 6.61 Å². The number of hydrogen-bond acceptors (Lipinski definition) is 4. The van der Waals surface area contributed by atoms with Crippen LogP contribution in [-0.2, 0) is 0 Å². The van der Waals surface area contributed by atoms with Crippen molar-refractivity contribution >= 4 is 0 Å². The lowest BCUT2D eigenvalue weighted by molar-refractivity contribution is -0.180. The first kappa shape index (κ1) is 25.7. The third-order valence-corrected chi connectivity index (χ3v) is 11.7. The Bertz CT molecular complexity index is 735. The molecule has 4 N–H and O–H groups in total. The molecular weight excluding hydrogens is 412 g/mol. The Labute approximate surface area is 201 Å². The van der Waals surface area contributed by atoms with E-state index in [9.17, 15) is 20.4 Å². The van der Waals surface area contributed by atoms with Crippen LogP contribution < -0.4 is 0 Å². The van der Waals surface area contributed by atoms with Gasteiger partial charge in [0.05, 0.1) is 18.3 Å². The van der Waals surface area contributed by atoms with Crippen molar-refractivity contribution in [3.63, 3.8) is 0 Å². The Kier molecular flexibility index (Phi) is 7.17. The number of allylic oxidation sites excluding steroid dienone is 2. The van der Waals surface area contributed by atoms with Gasteiger partial charge in [-0.25, -0.2) is 0 Å². The molecule has 190 valence electrons. The van der Waals surface area contributed by atoms with E-state index in [0.717, 1.165) is 38.5 Å². The maximum absolute atomic E-state index is 11.5. The van der Waals surface area contributed by atoms with Crippen LogP contribution in [0.1, 0.15) is 86.5 Å². The summed E-state index contributed by atoms with van der Waals surface area (Å²) in [6.45, 7) is 13.9. The van der Waals surface area contributed by atoms with Crippen molar-refractivity contribution < 1.29 is 20.4 Å². The van der Waals surface area contributed by atoms with Crippen LogP contribution in [0.25, 0.3) is 0 Å². The monoisotopic (exact) mass is 462 g/mol. The first-order valence-corrected chi connectivity index (χ1v) is 13.8. The highest BCUT2D eigenvalue weighted by Crippen LogP contribution is 2.68. The van der Waals surface area contributed by atoms with Crippen LogP contribution in [0.3, 0.4) is 0 Å². The zero-order chi connectivity index (χ0) is 24.3.